The Hall–Kier alpha value is -1.93. The van der Waals surface area contributed by atoms with Crippen LogP contribution in [0.25, 0.3) is 0 Å². The molecule has 3 amide bonds. The van der Waals surface area contributed by atoms with Crippen molar-refractivity contribution < 1.29 is 14.4 Å². The number of nitrogens with zero attached hydrogens (tertiary/aromatic N) is 4. The molecule has 1 N–H and O–H groups in total. The Morgan fingerprint density at radius 3 is 2.12 bits per heavy atom. The smallest absolute Gasteiger partial charge is 0.249 e. The summed E-state index contributed by atoms with van der Waals surface area (Å²) in [6.07, 6.45) is 9.57. The summed E-state index contributed by atoms with van der Waals surface area (Å²) in [5.74, 6) is 0.0147. The number of hydrogen-bond donors (Lipinski definition) is 1. The lowest BCUT2D eigenvalue weighted by molar-refractivity contribution is -0.140. The maximum Gasteiger partial charge on any atom is 0.249 e. The molecule has 8 heteroatoms. The van der Waals surface area contributed by atoms with Gasteiger partial charge < -0.3 is 20.0 Å². The number of carbonyl (C=O) groups excluding carboxylic acids is 3. The number of rotatable bonds is 11. The number of likely N-dealkylation sites (tertiary alicyclic amines) is 3. The zero-order valence-electron chi connectivity index (χ0n) is 26.6. The van der Waals surface area contributed by atoms with E-state index in [-0.39, 0.29) is 53.7 Å². The monoisotopic (exact) mass is 559 g/mol. The van der Waals surface area contributed by atoms with Gasteiger partial charge in [0.25, 0.3) is 0 Å². The van der Waals surface area contributed by atoms with E-state index in [0.717, 1.165) is 64.8 Å². The van der Waals surface area contributed by atoms with Gasteiger partial charge in [-0.15, -0.1) is 0 Å². The molecule has 40 heavy (non-hydrogen) atoms. The van der Waals surface area contributed by atoms with Crippen LogP contribution in [0.15, 0.2) is 11.6 Å². The van der Waals surface area contributed by atoms with Gasteiger partial charge in [-0.3, -0.25) is 19.3 Å². The molecule has 3 fully saturated rings. The van der Waals surface area contributed by atoms with Crippen molar-refractivity contribution in [2.75, 3.05) is 39.8 Å². The molecule has 3 heterocycles. The van der Waals surface area contributed by atoms with E-state index in [0.29, 0.717) is 5.57 Å². The average Bonchev–Trinajstić information content (AvgIpc) is 3.61. The van der Waals surface area contributed by atoms with Crippen molar-refractivity contribution in [2.45, 2.75) is 124 Å². The third kappa shape index (κ3) is 8.09. The van der Waals surface area contributed by atoms with Gasteiger partial charge in [0, 0.05) is 37.8 Å². The lowest BCUT2D eigenvalue weighted by atomic mass is 9.95. The van der Waals surface area contributed by atoms with Gasteiger partial charge in [0.05, 0.1) is 12.1 Å². The van der Waals surface area contributed by atoms with Crippen molar-refractivity contribution in [2.24, 2.45) is 11.8 Å². The number of carbonyl (C=O) groups is 3. The molecule has 0 aliphatic carbocycles. The highest BCUT2D eigenvalue weighted by Gasteiger charge is 2.37. The van der Waals surface area contributed by atoms with Crippen LogP contribution >= 0.6 is 0 Å². The first-order valence-corrected chi connectivity index (χ1v) is 16.0. The molecule has 0 aromatic carbocycles. The lowest BCUT2D eigenvalue weighted by Gasteiger charge is -2.39. The minimum Gasteiger partial charge on any atom is -0.343 e. The molecule has 0 spiro atoms. The Balaban J connectivity index is 1.71. The number of likely N-dealkylation sites (N-methyl/N-ethyl adjacent to an activating group) is 1. The van der Waals surface area contributed by atoms with Gasteiger partial charge in [-0.05, 0) is 90.8 Å². The summed E-state index contributed by atoms with van der Waals surface area (Å²) in [7, 11) is 1.82. The number of hydrogen-bond acceptors (Lipinski definition) is 5. The van der Waals surface area contributed by atoms with E-state index in [1.165, 1.54) is 12.8 Å². The Morgan fingerprint density at radius 1 is 0.875 bits per heavy atom. The highest BCUT2D eigenvalue weighted by Crippen LogP contribution is 2.24. The first kappa shape index (κ1) is 32.6. The molecule has 0 aromatic heterocycles. The van der Waals surface area contributed by atoms with Crippen LogP contribution in [0.5, 0.6) is 0 Å². The molecule has 0 radical (unpaired) electrons. The van der Waals surface area contributed by atoms with Crippen LogP contribution in [0.2, 0.25) is 0 Å². The van der Waals surface area contributed by atoms with Gasteiger partial charge in [0.2, 0.25) is 17.7 Å². The lowest BCUT2D eigenvalue weighted by Crippen LogP contribution is -2.58. The molecule has 3 saturated heterocycles. The highest BCUT2D eigenvalue weighted by atomic mass is 16.2. The van der Waals surface area contributed by atoms with Crippen molar-refractivity contribution in [3.05, 3.63) is 11.6 Å². The Bertz CT molecular complexity index is 895. The second-order valence-corrected chi connectivity index (χ2v) is 13.4. The van der Waals surface area contributed by atoms with Crippen molar-refractivity contribution in [3.63, 3.8) is 0 Å². The van der Waals surface area contributed by atoms with E-state index >= 15 is 0 Å². The molecule has 0 aromatic rings. The third-order valence-corrected chi connectivity index (χ3v) is 9.28. The summed E-state index contributed by atoms with van der Waals surface area (Å²) < 4.78 is 0. The quantitative estimate of drug-likeness (QED) is 0.389. The Kier molecular flexibility index (Phi) is 12.1. The van der Waals surface area contributed by atoms with E-state index in [9.17, 15) is 14.4 Å². The largest absolute Gasteiger partial charge is 0.343 e. The maximum atomic E-state index is 13.9. The predicted molar refractivity (Wildman–Crippen MR) is 162 cm³/mol. The molecule has 3 aliphatic rings. The summed E-state index contributed by atoms with van der Waals surface area (Å²) in [6, 6.07) is -0.480. The molecule has 0 saturated carbocycles. The van der Waals surface area contributed by atoms with Crippen LogP contribution in [0.1, 0.15) is 93.4 Å². The SMILES string of the molecule is CC(=C[C@H](C(C)C)N(C)C(=O)[C@@H](NC(=O)C1CCCCN1C(C)C)C(C)C)C(=O)N1CCC[C@H]1CN1CCCC1. The fourth-order valence-electron chi connectivity index (χ4n) is 6.84. The summed E-state index contributed by atoms with van der Waals surface area (Å²) in [6.45, 7) is 19.3. The van der Waals surface area contributed by atoms with Crippen molar-refractivity contribution in [1.82, 2.24) is 24.9 Å². The summed E-state index contributed by atoms with van der Waals surface area (Å²) in [5, 5.41) is 3.13. The minimum absolute atomic E-state index is 0.0464. The molecule has 8 nitrogen and oxygen atoms in total. The second-order valence-electron chi connectivity index (χ2n) is 13.4. The van der Waals surface area contributed by atoms with E-state index in [2.05, 4.69) is 47.7 Å². The van der Waals surface area contributed by atoms with Crippen molar-refractivity contribution >= 4 is 17.7 Å². The molecule has 3 rings (SSSR count). The van der Waals surface area contributed by atoms with Gasteiger partial charge in [-0.1, -0.05) is 40.2 Å². The second kappa shape index (κ2) is 14.8. The van der Waals surface area contributed by atoms with Crippen LogP contribution in [-0.4, -0.2) is 107 Å². The minimum atomic E-state index is -0.609. The normalized spacial score (nSPS) is 24.7. The van der Waals surface area contributed by atoms with Gasteiger partial charge in [-0.25, -0.2) is 0 Å². The van der Waals surface area contributed by atoms with Crippen molar-refractivity contribution in [1.29, 1.82) is 0 Å². The summed E-state index contributed by atoms with van der Waals surface area (Å²) in [5.41, 5.74) is 0.701. The highest BCUT2D eigenvalue weighted by molar-refractivity contribution is 5.94. The fourth-order valence-corrected chi connectivity index (χ4v) is 6.84. The molecule has 1 unspecified atom stereocenters. The molecular weight excluding hydrogens is 502 g/mol. The molecule has 228 valence electrons. The van der Waals surface area contributed by atoms with E-state index in [1.54, 1.807) is 4.90 Å². The van der Waals surface area contributed by atoms with Gasteiger partial charge in [-0.2, -0.15) is 0 Å². The standard InChI is InChI=1S/C32H57N5O3/c1-22(2)28(20-25(7)31(39)37-19-13-14-26(37)21-35-16-11-12-17-35)34(8)32(40)29(23(3)4)33-30(38)27-15-9-10-18-36(27)24(5)6/h20,22-24,26-29H,9-19,21H2,1-8H3,(H,33,38)/t26-,27?,28+,29-/m0/s1. The van der Waals surface area contributed by atoms with Gasteiger partial charge in [0.1, 0.15) is 6.04 Å². The fraction of sp³-hybridized carbons (Fsp3) is 0.844. The zero-order chi connectivity index (χ0) is 29.6. The zero-order valence-corrected chi connectivity index (χ0v) is 26.6. The first-order chi connectivity index (χ1) is 18.9. The maximum absolute atomic E-state index is 13.9. The number of piperidine rings is 1. The van der Waals surface area contributed by atoms with E-state index < -0.39 is 6.04 Å². The Labute approximate surface area is 243 Å². The average molecular weight is 560 g/mol. The van der Waals surface area contributed by atoms with E-state index in [4.69, 9.17) is 0 Å². The van der Waals surface area contributed by atoms with Crippen LogP contribution in [-0.2, 0) is 14.4 Å². The topological polar surface area (TPSA) is 76.2 Å². The van der Waals surface area contributed by atoms with Crippen LogP contribution < -0.4 is 5.32 Å². The third-order valence-electron chi connectivity index (χ3n) is 9.28. The summed E-state index contributed by atoms with van der Waals surface area (Å²) in [4.78, 5) is 49.5. The van der Waals surface area contributed by atoms with Gasteiger partial charge >= 0.3 is 0 Å². The van der Waals surface area contributed by atoms with Crippen LogP contribution in [0.3, 0.4) is 0 Å². The van der Waals surface area contributed by atoms with Crippen molar-refractivity contribution in [3.8, 4) is 0 Å². The first-order valence-electron chi connectivity index (χ1n) is 16.0. The molecule has 4 atom stereocenters. The molecule has 3 aliphatic heterocycles. The number of amides is 3. The molecule has 0 bridgehead atoms. The molecular formula is C32H57N5O3. The van der Waals surface area contributed by atoms with Crippen LogP contribution in [0, 0.1) is 11.8 Å². The van der Waals surface area contributed by atoms with Gasteiger partial charge in [0.15, 0.2) is 0 Å². The van der Waals surface area contributed by atoms with E-state index in [1.807, 2.05) is 33.9 Å². The van der Waals surface area contributed by atoms with Crippen LogP contribution in [0.4, 0.5) is 0 Å². The number of nitrogens with one attached hydrogen (secondary N) is 1. The Morgan fingerprint density at radius 2 is 1.52 bits per heavy atom. The predicted octanol–water partition coefficient (Wildman–Crippen LogP) is 3.91. The summed E-state index contributed by atoms with van der Waals surface area (Å²) >= 11 is 0.